The molecule has 3 aromatic carbocycles. The highest BCUT2D eigenvalue weighted by Gasteiger charge is 2.39. The minimum absolute atomic E-state index is 0.0546. The Hall–Kier alpha value is -2.67. The summed E-state index contributed by atoms with van der Waals surface area (Å²) in [7, 11) is -3.93. The predicted octanol–water partition coefficient (Wildman–Crippen LogP) is 5.30. The first-order valence-corrected chi connectivity index (χ1v) is 11.4. The van der Waals surface area contributed by atoms with Gasteiger partial charge in [-0.15, -0.1) is 0 Å². The molecule has 0 amide bonds. The number of halogens is 2. The first-order chi connectivity index (χ1) is 14.4. The highest BCUT2D eigenvalue weighted by Crippen LogP contribution is 2.41. The molecule has 0 radical (unpaired) electrons. The van der Waals surface area contributed by atoms with E-state index in [0.717, 1.165) is 33.8 Å². The van der Waals surface area contributed by atoms with E-state index < -0.39 is 21.9 Å². The van der Waals surface area contributed by atoms with E-state index in [4.69, 9.17) is 11.6 Å². The van der Waals surface area contributed by atoms with Crippen LogP contribution in [0.1, 0.15) is 22.9 Å². The molecule has 1 aromatic heterocycles. The van der Waals surface area contributed by atoms with Crippen molar-refractivity contribution < 1.29 is 12.8 Å². The summed E-state index contributed by atoms with van der Waals surface area (Å²) in [6, 6.07) is 19.7. The van der Waals surface area contributed by atoms with Gasteiger partial charge in [-0.25, -0.2) is 12.8 Å². The normalized spacial score (nSPS) is 17.2. The lowest BCUT2D eigenvalue weighted by molar-refractivity contribution is 0.340. The van der Waals surface area contributed by atoms with E-state index in [1.807, 2.05) is 36.4 Å². The summed E-state index contributed by atoms with van der Waals surface area (Å²) in [5.41, 5.74) is 3.71. The average Bonchev–Trinajstić information content (AvgIpc) is 3.12. The van der Waals surface area contributed by atoms with Crippen molar-refractivity contribution in [1.82, 2.24) is 9.29 Å². The van der Waals surface area contributed by atoms with Crippen LogP contribution >= 0.6 is 11.6 Å². The van der Waals surface area contributed by atoms with Gasteiger partial charge in [0.05, 0.1) is 10.9 Å². The van der Waals surface area contributed by atoms with E-state index in [-0.39, 0.29) is 4.90 Å². The van der Waals surface area contributed by atoms with Gasteiger partial charge in [-0.3, -0.25) is 0 Å². The molecule has 1 unspecified atom stereocenters. The lowest BCUT2D eigenvalue weighted by Gasteiger charge is -2.35. The monoisotopic (exact) mass is 440 g/mol. The molecule has 152 valence electrons. The van der Waals surface area contributed by atoms with Crippen molar-refractivity contribution in [3.63, 3.8) is 0 Å². The molecule has 0 saturated heterocycles. The molecule has 4 nitrogen and oxygen atoms in total. The summed E-state index contributed by atoms with van der Waals surface area (Å²) < 4.78 is 42.3. The van der Waals surface area contributed by atoms with E-state index in [1.165, 1.54) is 22.5 Å². The lowest BCUT2D eigenvalue weighted by atomic mass is 9.94. The Morgan fingerprint density at radius 3 is 2.53 bits per heavy atom. The van der Waals surface area contributed by atoms with Gasteiger partial charge >= 0.3 is 0 Å². The number of hydrogen-bond donors (Lipinski definition) is 1. The first kappa shape index (κ1) is 19.3. The quantitative estimate of drug-likeness (QED) is 0.470. The molecule has 1 atom stereocenters. The lowest BCUT2D eigenvalue weighted by Crippen LogP contribution is -2.40. The predicted molar refractivity (Wildman–Crippen MR) is 116 cm³/mol. The number of H-pyrrole nitrogens is 1. The van der Waals surface area contributed by atoms with Crippen LogP contribution in [0.15, 0.2) is 77.7 Å². The maximum Gasteiger partial charge on any atom is 0.244 e. The second-order valence-electron chi connectivity index (χ2n) is 7.34. The number of hydrogen-bond acceptors (Lipinski definition) is 2. The number of fused-ring (bicyclic) bond motifs is 3. The molecule has 0 bridgehead atoms. The molecule has 0 spiro atoms. The van der Waals surface area contributed by atoms with Crippen molar-refractivity contribution in [3.8, 4) is 0 Å². The molecule has 30 heavy (non-hydrogen) atoms. The van der Waals surface area contributed by atoms with Gasteiger partial charge in [0, 0.05) is 28.2 Å². The van der Waals surface area contributed by atoms with Gasteiger partial charge in [-0.2, -0.15) is 4.31 Å². The smallest absolute Gasteiger partial charge is 0.244 e. The molecule has 4 aromatic rings. The molecule has 0 saturated carbocycles. The second-order valence-corrected chi connectivity index (χ2v) is 9.67. The van der Waals surface area contributed by atoms with E-state index >= 15 is 0 Å². The fraction of sp³-hybridized carbons (Fsp3) is 0.130. The largest absolute Gasteiger partial charge is 0.357 e. The van der Waals surface area contributed by atoms with Gasteiger partial charge in [0.25, 0.3) is 0 Å². The van der Waals surface area contributed by atoms with E-state index in [1.54, 1.807) is 12.1 Å². The van der Waals surface area contributed by atoms with Crippen LogP contribution in [0.2, 0.25) is 5.02 Å². The van der Waals surface area contributed by atoms with Crippen molar-refractivity contribution in [2.75, 3.05) is 6.54 Å². The third-order valence-electron chi connectivity index (χ3n) is 5.58. The molecule has 0 fully saturated rings. The number of benzene rings is 3. The molecular formula is C23H18ClFN2O2S. The zero-order valence-corrected chi connectivity index (χ0v) is 17.4. The van der Waals surface area contributed by atoms with Gasteiger partial charge < -0.3 is 4.98 Å². The fourth-order valence-corrected chi connectivity index (χ4v) is 5.96. The number of sulfonamides is 1. The Labute approximate surface area is 179 Å². The topological polar surface area (TPSA) is 53.2 Å². The number of nitrogens with one attached hydrogen (secondary N) is 1. The third-order valence-corrected chi connectivity index (χ3v) is 7.69. The van der Waals surface area contributed by atoms with Crippen LogP contribution in [0.25, 0.3) is 10.9 Å². The number of nitrogens with zero attached hydrogens (tertiary/aromatic N) is 1. The minimum atomic E-state index is -3.93. The molecule has 1 N–H and O–H groups in total. The van der Waals surface area contributed by atoms with Gasteiger partial charge in [-0.1, -0.05) is 48.0 Å². The Kier molecular flexibility index (Phi) is 4.65. The van der Waals surface area contributed by atoms with Crippen molar-refractivity contribution in [3.05, 3.63) is 100 Å². The number of rotatable bonds is 3. The standard InChI is InChI=1S/C23H18ClFN2O2S/c24-16-10-8-15(9-11-16)23-22-20(19-6-1-2-7-21(19)26-22)12-13-27(23)30(28,29)18-5-3-4-17(25)14-18/h1-11,14,23,26H,12-13H2. The summed E-state index contributed by atoms with van der Waals surface area (Å²) in [6.45, 7) is 0.293. The molecule has 1 aliphatic rings. The highest BCUT2D eigenvalue weighted by molar-refractivity contribution is 7.89. The average molecular weight is 441 g/mol. The van der Waals surface area contributed by atoms with Crippen LogP contribution in [-0.2, 0) is 16.4 Å². The van der Waals surface area contributed by atoms with Crippen molar-refractivity contribution in [2.24, 2.45) is 0 Å². The maximum atomic E-state index is 13.8. The van der Waals surface area contributed by atoms with Gasteiger partial charge in [-0.05, 0) is 53.9 Å². The van der Waals surface area contributed by atoms with Gasteiger partial charge in [0.15, 0.2) is 0 Å². The van der Waals surface area contributed by atoms with Crippen LogP contribution in [0.5, 0.6) is 0 Å². The second kappa shape index (κ2) is 7.23. The van der Waals surface area contributed by atoms with Crippen molar-refractivity contribution in [2.45, 2.75) is 17.4 Å². The fourth-order valence-electron chi connectivity index (χ4n) is 4.22. The first-order valence-electron chi connectivity index (χ1n) is 9.57. The molecule has 2 heterocycles. The van der Waals surface area contributed by atoms with Crippen molar-refractivity contribution >= 4 is 32.5 Å². The van der Waals surface area contributed by atoms with Crippen LogP contribution in [-0.4, -0.2) is 24.3 Å². The Balaban J connectivity index is 1.72. The van der Waals surface area contributed by atoms with E-state index in [2.05, 4.69) is 4.98 Å². The summed E-state index contributed by atoms with van der Waals surface area (Å²) >= 11 is 6.07. The Morgan fingerprint density at radius 1 is 1.00 bits per heavy atom. The number of aromatic amines is 1. The van der Waals surface area contributed by atoms with Gasteiger partial charge in [0.2, 0.25) is 10.0 Å². The summed E-state index contributed by atoms with van der Waals surface area (Å²) in [4.78, 5) is 3.38. The summed E-state index contributed by atoms with van der Waals surface area (Å²) in [6.07, 6.45) is 0.567. The number of para-hydroxylation sites is 1. The zero-order chi connectivity index (χ0) is 20.9. The molecular weight excluding hydrogens is 423 g/mol. The van der Waals surface area contributed by atoms with E-state index in [0.29, 0.717) is 18.0 Å². The maximum absolute atomic E-state index is 13.8. The third kappa shape index (κ3) is 3.12. The summed E-state index contributed by atoms with van der Waals surface area (Å²) in [5.74, 6) is -0.581. The number of aromatic nitrogens is 1. The Bertz CT molecular complexity index is 1350. The van der Waals surface area contributed by atoms with Crippen molar-refractivity contribution in [1.29, 1.82) is 0 Å². The highest BCUT2D eigenvalue weighted by atomic mass is 35.5. The molecule has 5 rings (SSSR count). The van der Waals surface area contributed by atoms with E-state index in [9.17, 15) is 12.8 Å². The molecule has 1 aliphatic heterocycles. The minimum Gasteiger partial charge on any atom is -0.357 e. The zero-order valence-electron chi connectivity index (χ0n) is 15.8. The van der Waals surface area contributed by atoms with Gasteiger partial charge in [0.1, 0.15) is 5.82 Å². The van der Waals surface area contributed by atoms with Crippen LogP contribution in [0, 0.1) is 5.82 Å². The Morgan fingerprint density at radius 2 is 1.77 bits per heavy atom. The molecule has 0 aliphatic carbocycles. The van der Waals surface area contributed by atoms with Crippen LogP contribution in [0.3, 0.4) is 0 Å². The van der Waals surface area contributed by atoms with Crippen LogP contribution in [0.4, 0.5) is 4.39 Å². The van der Waals surface area contributed by atoms with Crippen LogP contribution < -0.4 is 0 Å². The molecule has 7 heteroatoms. The SMILES string of the molecule is O=S(=O)(c1cccc(F)c1)N1CCc2c([nH]c3ccccc23)C1c1ccc(Cl)cc1. The summed E-state index contributed by atoms with van der Waals surface area (Å²) in [5, 5.41) is 1.67.